The van der Waals surface area contributed by atoms with Crippen LogP contribution in [-0.2, 0) is 9.53 Å². The van der Waals surface area contributed by atoms with Gasteiger partial charge in [0.2, 0.25) is 0 Å². The largest absolute Gasteiger partial charge is 0.368 e. The normalized spacial score (nSPS) is 12.0. The van der Waals surface area contributed by atoms with Crippen LogP contribution in [0.1, 0.15) is 6.42 Å². The molecule has 0 aliphatic heterocycles. The van der Waals surface area contributed by atoms with Gasteiger partial charge < -0.3 is 9.53 Å². The fourth-order valence-electron chi connectivity index (χ4n) is 0.320. The number of terminal acetylenes is 1. The number of aldehydes is 1. The van der Waals surface area contributed by atoms with Crippen LogP contribution in [0.4, 0.5) is 0 Å². The van der Waals surface area contributed by atoms with E-state index in [-0.39, 0.29) is 12.5 Å². The summed E-state index contributed by atoms with van der Waals surface area (Å²) in [6, 6.07) is 0. The van der Waals surface area contributed by atoms with E-state index in [1.165, 1.54) is 7.11 Å². The molecular formula is C6H8O2. The molecule has 0 heterocycles. The van der Waals surface area contributed by atoms with E-state index in [1.807, 2.05) is 0 Å². The van der Waals surface area contributed by atoms with Crippen molar-refractivity contribution in [3.05, 3.63) is 0 Å². The Morgan fingerprint density at radius 2 is 2.62 bits per heavy atom. The Bertz CT molecular complexity index is 102. The van der Waals surface area contributed by atoms with Crippen LogP contribution in [-0.4, -0.2) is 19.5 Å². The summed E-state index contributed by atoms with van der Waals surface area (Å²) in [6.45, 7) is 0. The number of hydrogen-bond acceptors (Lipinski definition) is 2. The van der Waals surface area contributed by atoms with Gasteiger partial charge in [0.05, 0.1) is 0 Å². The molecular weight excluding hydrogens is 104 g/mol. The van der Waals surface area contributed by atoms with E-state index >= 15 is 0 Å². The Labute approximate surface area is 48.8 Å². The van der Waals surface area contributed by atoms with Crippen LogP contribution < -0.4 is 0 Å². The zero-order valence-corrected chi connectivity index (χ0v) is 4.76. The van der Waals surface area contributed by atoms with E-state index in [1.54, 1.807) is 0 Å². The molecule has 0 spiro atoms. The van der Waals surface area contributed by atoms with Crippen LogP contribution in [0.2, 0.25) is 0 Å². The quantitative estimate of drug-likeness (QED) is 0.385. The summed E-state index contributed by atoms with van der Waals surface area (Å²) in [4.78, 5) is 9.76. The highest BCUT2D eigenvalue weighted by atomic mass is 16.5. The summed E-state index contributed by atoms with van der Waals surface area (Å²) in [5, 5.41) is 0. The molecule has 0 aromatic heterocycles. The molecule has 0 N–H and O–H groups in total. The standard InChI is InChI=1S/C6H8O2/c1-3-6(8-2)4-5-7/h1,5-6H,4H2,2H3/t6-/m0/s1. The van der Waals surface area contributed by atoms with Crippen molar-refractivity contribution >= 4 is 6.29 Å². The van der Waals surface area contributed by atoms with E-state index in [9.17, 15) is 4.79 Å². The zero-order valence-electron chi connectivity index (χ0n) is 4.76. The van der Waals surface area contributed by atoms with Crippen LogP contribution >= 0.6 is 0 Å². The summed E-state index contributed by atoms with van der Waals surface area (Å²) < 4.78 is 4.67. The molecule has 2 heteroatoms. The van der Waals surface area contributed by atoms with Crippen molar-refractivity contribution in [2.45, 2.75) is 12.5 Å². The maximum absolute atomic E-state index is 9.76. The molecule has 0 aliphatic rings. The minimum absolute atomic E-state index is 0.285. The molecule has 0 aliphatic carbocycles. The van der Waals surface area contributed by atoms with E-state index in [0.717, 1.165) is 6.29 Å². The Hall–Kier alpha value is -0.810. The molecule has 44 valence electrons. The second-order valence-corrected chi connectivity index (χ2v) is 1.29. The smallest absolute Gasteiger partial charge is 0.124 e. The third-order valence-electron chi connectivity index (χ3n) is 0.781. The molecule has 0 rings (SSSR count). The fourth-order valence-corrected chi connectivity index (χ4v) is 0.320. The van der Waals surface area contributed by atoms with Crippen LogP contribution in [0.5, 0.6) is 0 Å². The summed E-state index contributed by atoms with van der Waals surface area (Å²) >= 11 is 0. The van der Waals surface area contributed by atoms with Crippen molar-refractivity contribution in [2.24, 2.45) is 0 Å². The monoisotopic (exact) mass is 112 g/mol. The second-order valence-electron chi connectivity index (χ2n) is 1.29. The number of carbonyl (C=O) groups is 1. The number of rotatable bonds is 3. The van der Waals surface area contributed by atoms with Crippen molar-refractivity contribution in [1.82, 2.24) is 0 Å². The van der Waals surface area contributed by atoms with Gasteiger partial charge in [0.1, 0.15) is 12.4 Å². The molecule has 0 radical (unpaired) electrons. The Morgan fingerprint density at radius 1 is 2.00 bits per heavy atom. The van der Waals surface area contributed by atoms with Gasteiger partial charge in [0.25, 0.3) is 0 Å². The Kier molecular flexibility index (Phi) is 3.91. The zero-order chi connectivity index (χ0) is 6.41. The lowest BCUT2D eigenvalue weighted by atomic mass is 10.3. The van der Waals surface area contributed by atoms with Gasteiger partial charge >= 0.3 is 0 Å². The maximum atomic E-state index is 9.76. The van der Waals surface area contributed by atoms with Crippen molar-refractivity contribution in [1.29, 1.82) is 0 Å². The van der Waals surface area contributed by atoms with Crippen molar-refractivity contribution in [3.63, 3.8) is 0 Å². The Morgan fingerprint density at radius 3 is 2.75 bits per heavy atom. The van der Waals surface area contributed by atoms with Gasteiger partial charge in [-0.1, -0.05) is 5.92 Å². The molecule has 0 aromatic rings. The van der Waals surface area contributed by atoms with Crippen LogP contribution in [0.25, 0.3) is 0 Å². The average Bonchev–Trinajstić information content (AvgIpc) is 1.83. The fraction of sp³-hybridized carbons (Fsp3) is 0.500. The lowest BCUT2D eigenvalue weighted by Gasteiger charge is -2.00. The summed E-state index contributed by atoms with van der Waals surface area (Å²) in [5.74, 6) is 2.30. The first kappa shape index (κ1) is 7.19. The van der Waals surface area contributed by atoms with Gasteiger partial charge in [0, 0.05) is 13.5 Å². The molecule has 0 unspecified atom stereocenters. The van der Waals surface area contributed by atoms with Gasteiger partial charge in [-0.25, -0.2) is 0 Å². The number of methoxy groups -OCH3 is 1. The lowest BCUT2D eigenvalue weighted by molar-refractivity contribution is -0.109. The molecule has 2 nitrogen and oxygen atoms in total. The predicted molar refractivity (Wildman–Crippen MR) is 30.3 cm³/mol. The molecule has 1 atom stereocenters. The van der Waals surface area contributed by atoms with E-state index in [2.05, 4.69) is 10.7 Å². The average molecular weight is 112 g/mol. The van der Waals surface area contributed by atoms with E-state index < -0.39 is 0 Å². The third-order valence-corrected chi connectivity index (χ3v) is 0.781. The molecule has 0 amide bonds. The van der Waals surface area contributed by atoms with E-state index in [4.69, 9.17) is 6.42 Å². The van der Waals surface area contributed by atoms with E-state index in [0.29, 0.717) is 0 Å². The molecule has 0 saturated carbocycles. The maximum Gasteiger partial charge on any atom is 0.124 e. The van der Waals surface area contributed by atoms with Gasteiger partial charge in [-0.3, -0.25) is 0 Å². The topological polar surface area (TPSA) is 26.3 Å². The Balaban J connectivity index is 3.40. The minimum Gasteiger partial charge on any atom is -0.368 e. The van der Waals surface area contributed by atoms with Crippen molar-refractivity contribution < 1.29 is 9.53 Å². The van der Waals surface area contributed by atoms with Gasteiger partial charge in [-0.2, -0.15) is 0 Å². The molecule has 8 heavy (non-hydrogen) atoms. The van der Waals surface area contributed by atoms with Crippen molar-refractivity contribution in [2.75, 3.05) is 7.11 Å². The molecule has 0 fully saturated rings. The summed E-state index contributed by atoms with van der Waals surface area (Å²) in [5.41, 5.74) is 0. The lowest BCUT2D eigenvalue weighted by Crippen LogP contribution is -2.06. The number of carbonyl (C=O) groups excluding carboxylic acids is 1. The summed E-state index contributed by atoms with van der Waals surface area (Å²) in [7, 11) is 1.48. The number of ether oxygens (including phenoxy) is 1. The summed E-state index contributed by atoms with van der Waals surface area (Å²) in [6.07, 6.45) is 5.62. The SMILES string of the molecule is C#C[C@@H](CC=O)OC. The number of hydrogen-bond donors (Lipinski definition) is 0. The molecule has 0 saturated heterocycles. The van der Waals surface area contributed by atoms with Gasteiger partial charge in [-0.15, -0.1) is 6.42 Å². The van der Waals surface area contributed by atoms with Crippen LogP contribution in [0, 0.1) is 12.3 Å². The van der Waals surface area contributed by atoms with Gasteiger partial charge in [-0.05, 0) is 0 Å². The third kappa shape index (κ3) is 2.38. The highest BCUT2D eigenvalue weighted by molar-refractivity contribution is 5.51. The van der Waals surface area contributed by atoms with Crippen LogP contribution in [0.3, 0.4) is 0 Å². The molecule has 0 bridgehead atoms. The van der Waals surface area contributed by atoms with Gasteiger partial charge in [0.15, 0.2) is 0 Å². The molecule has 0 aromatic carbocycles. The first-order valence-corrected chi connectivity index (χ1v) is 2.27. The highest BCUT2D eigenvalue weighted by Gasteiger charge is 1.97. The minimum atomic E-state index is -0.340. The second kappa shape index (κ2) is 4.35. The first-order valence-electron chi connectivity index (χ1n) is 2.27. The predicted octanol–water partition coefficient (Wildman–Crippen LogP) is 0.224. The van der Waals surface area contributed by atoms with Crippen LogP contribution in [0.15, 0.2) is 0 Å². The van der Waals surface area contributed by atoms with Crippen molar-refractivity contribution in [3.8, 4) is 12.3 Å². The highest BCUT2D eigenvalue weighted by Crippen LogP contribution is 1.89. The first-order chi connectivity index (χ1) is 3.85.